The van der Waals surface area contributed by atoms with Gasteiger partial charge in [-0.05, 0) is 43.2 Å². The molecule has 1 amide bonds. The summed E-state index contributed by atoms with van der Waals surface area (Å²) in [7, 11) is -3.34. The van der Waals surface area contributed by atoms with Crippen molar-refractivity contribution in [3.05, 3.63) is 53.1 Å². The number of hydrogen-bond acceptors (Lipinski definition) is 6. The molecular formula is C23H26N2O4S2. The molecule has 0 bridgehead atoms. The molecule has 6 nitrogen and oxygen atoms in total. The Morgan fingerprint density at radius 1 is 1.16 bits per heavy atom. The van der Waals surface area contributed by atoms with Crippen LogP contribution in [0.5, 0.6) is 5.19 Å². The number of ether oxygens (including phenoxy) is 1. The Hall–Kier alpha value is -2.45. The quantitative estimate of drug-likeness (QED) is 0.567. The lowest BCUT2D eigenvalue weighted by Gasteiger charge is -2.31. The van der Waals surface area contributed by atoms with Crippen LogP contribution in [-0.4, -0.2) is 49.2 Å². The predicted molar refractivity (Wildman–Crippen MR) is 123 cm³/mol. The number of aryl methyl sites for hydroxylation is 2. The fourth-order valence-electron chi connectivity index (χ4n) is 3.78. The first-order chi connectivity index (χ1) is 14.8. The summed E-state index contributed by atoms with van der Waals surface area (Å²) in [5.74, 6) is -0.129. The number of nitrogens with zero attached hydrogens (tertiary/aromatic N) is 2. The number of carbonyl (C=O) groups is 1. The number of carbonyl (C=O) groups excluding carboxylic acids is 1. The summed E-state index contributed by atoms with van der Waals surface area (Å²) >= 11 is 1.57. The summed E-state index contributed by atoms with van der Waals surface area (Å²) in [5.41, 5.74) is 3.74. The van der Waals surface area contributed by atoms with E-state index in [1.165, 1.54) is 17.7 Å². The van der Waals surface area contributed by atoms with Crippen LogP contribution in [0, 0.1) is 13.8 Å². The van der Waals surface area contributed by atoms with E-state index in [0.717, 1.165) is 15.8 Å². The highest BCUT2D eigenvalue weighted by Crippen LogP contribution is 2.33. The molecule has 1 aromatic heterocycles. The van der Waals surface area contributed by atoms with Crippen molar-refractivity contribution in [2.24, 2.45) is 0 Å². The molecule has 1 fully saturated rings. The number of aromatic nitrogens is 1. The second kappa shape index (κ2) is 8.59. The summed E-state index contributed by atoms with van der Waals surface area (Å²) in [4.78, 5) is 19.5. The Kier molecular flexibility index (Phi) is 6.03. The van der Waals surface area contributed by atoms with Gasteiger partial charge in [0.2, 0.25) is 0 Å². The van der Waals surface area contributed by atoms with Gasteiger partial charge in [0.1, 0.15) is 6.10 Å². The Labute approximate surface area is 186 Å². The second-order valence-corrected chi connectivity index (χ2v) is 11.1. The van der Waals surface area contributed by atoms with Crippen molar-refractivity contribution in [2.75, 3.05) is 18.8 Å². The smallest absolute Gasteiger partial charge is 0.274 e. The van der Waals surface area contributed by atoms with Crippen molar-refractivity contribution in [3.8, 4) is 5.19 Å². The standard InChI is InChI=1S/C23H26N2O4S2/c1-4-31(27,28)19-7-5-6-17(14-19)22(26)25-12-10-18(11-13-25)29-23-24-20-15(2)8-9-16(3)21(20)30-23/h5-9,14,18H,4,10-13H2,1-3H3. The normalized spacial score (nSPS) is 15.4. The Bertz CT molecular complexity index is 1190. The molecule has 0 atom stereocenters. The van der Waals surface area contributed by atoms with Crippen LogP contribution in [0.1, 0.15) is 41.3 Å². The highest BCUT2D eigenvalue weighted by molar-refractivity contribution is 7.91. The topological polar surface area (TPSA) is 76.6 Å². The number of amides is 1. The largest absolute Gasteiger partial charge is 0.467 e. The van der Waals surface area contributed by atoms with E-state index in [4.69, 9.17) is 4.74 Å². The van der Waals surface area contributed by atoms with Gasteiger partial charge >= 0.3 is 0 Å². The fourth-order valence-corrected chi connectivity index (χ4v) is 5.74. The number of piperidine rings is 1. The van der Waals surface area contributed by atoms with Crippen molar-refractivity contribution in [3.63, 3.8) is 0 Å². The zero-order valence-electron chi connectivity index (χ0n) is 17.9. The van der Waals surface area contributed by atoms with E-state index in [-0.39, 0.29) is 22.7 Å². The molecule has 1 aliphatic rings. The number of thiazole rings is 1. The lowest BCUT2D eigenvalue weighted by atomic mass is 10.1. The second-order valence-electron chi connectivity index (χ2n) is 7.90. The molecule has 164 valence electrons. The van der Waals surface area contributed by atoms with Gasteiger partial charge in [-0.15, -0.1) is 0 Å². The van der Waals surface area contributed by atoms with Crippen LogP contribution in [0.3, 0.4) is 0 Å². The first-order valence-corrected chi connectivity index (χ1v) is 12.9. The Morgan fingerprint density at radius 2 is 1.87 bits per heavy atom. The maximum absolute atomic E-state index is 12.9. The highest BCUT2D eigenvalue weighted by Gasteiger charge is 2.26. The summed E-state index contributed by atoms with van der Waals surface area (Å²) in [6.45, 7) is 6.86. The zero-order chi connectivity index (χ0) is 22.2. The van der Waals surface area contributed by atoms with E-state index in [1.54, 1.807) is 35.3 Å². The molecule has 31 heavy (non-hydrogen) atoms. The molecule has 2 aromatic carbocycles. The molecule has 8 heteroatoms. The van der Waals surface area contributed by atoms with Crippen molar-refractivity contribution in [2.45, 2.75) is 44.6 Å². The lowest BCUT2D eigenvalue weighted by molar-refractivity contribution is 0.0595. The van der Waals surface area contributed by atoms with Crippen molar-refractivity contribution in [1.29, 1.82) is 0 Å². The SMILES string of the molecule is CCS(=O)(=O)c1cccc(C(=O)N2CCC(Oc3nc4c(C)ccc(C)c4s3)CC2)c1. The van der Waals surface area contributed by atoms with Gasteiger partial charge in [-0.1, -0.05) is 36.5 Å². The minimum Gasteiger partial charge on any atom is -0.467 e. The van der Waals surface area contributed by atoms with Gasteiger partial charge in [0.15, 0.2) is 9.84 Å². The lowest BCUT2D eigenvalue weighted by Crippen LogP contribution is -2.41. The monoisotopic (exact) mass is 458 g/mol. The molecule has 0 radical (unpaired) electrons. The molecule has 1 aliphatic heterocycles. The van der Waals surface area contributed by atoms with Crippen LogP contribution in [0.4, 0.5) is 0 Å². The van der Waals surface area contributed by atoms with E-state index in [0.29, 0.717) is 36.7 Å². The van der Waals surface area contributed by atoms with Crippen LogP contribution >= 0.6 is 11.3 Å². The maximum atomic E-state index is 12.9. The number of hydrogen-bond donors (Lipinski definition) is 0. The molecular weight excluding hydrogens is 432 g/mol. The van der Waals surface area contributed by atoms with E-state index >= 15 is 0 Å². The molecule has 0 aliphatic carbocycles. The van der Waals surface area contributed by atoms with E-state index in [9.17, 15) is 13.2 Å². The van der Waals surface area contributed by atoms with Gasteiger partial charge in [-0.25, -0.2) is 13.4 Å². The van der Waals surface area contributed by atoms with Gasteiger partial charge in [0.25, 0.3) is 11.1 Å². The molecule has 3 aromatic rings. The van der Waals surface area contributed by atoms with Gasteiger partial charge in [-0.3, -0.25) is 4.79 Å². The van der Waals surface area contributed by atoms with E-state index < -0.39 is 9.84 Å². The first-order valence-electron chi connectivity index (χ1n) is 10.4. The van der Waals surface area contributed by atoms with E-state index in [1.807, 2.05) is 0 Å². The number of benzene rings is 2. The van der Waals surface area contributed by atoms with E-state index in [2.05, 4.69) is 31.0 Å². The minimum atomic E-state index is -3.34. The van der Waals surface area contributed by atoms with Crippen molar-refractivity contribution < 1.29 is 17.9 Å². The molecule has 0 unspecified atom stereocenters. The Balaban J connectivity index is 1.41. The van der Waals surface area contributed by atoms with Gasteiger partial charge in [0.05, 0.1) is 20.9 Å². The predicted octanol–water partition coefficient (Wildman–Crippen LogP) is 4.39. The van der Waals surface area contributed by atoms with Crippen LogP contribution in [0.15, 0.2) is 41.3 Å². The van der Waals surface area contributed by atoms with Crippen LogP contribution in [0.2, 0.25) is 0 Å². The summed E-state index contributed by atoms with van der Waals surface area (Å²) in [6.07, 6.45) is 1.44. The number of likely N-dealkylation sites (tertiary alicyclic amines) is 1. The van der Waals surface area contributed by atoms with Crippen molar-refractivity contribution in [1.82, 2.24) is 9.88 Å². The minimum absolute atomic E-state index is 0.0111. The van der Waals surface area contributed by atoms with Gasteiger partial charge in [0, 0.05) is 31.5 Å². The summed E-state index contributed by atoms with van der Waals surface area (Å²) in [5, 5.41) is 0.676. The molecule has 0 N–H and O–H groups in total. The maximum Gasteiger partial charge on any atom is 0.274 e. The molecule has 0 saturated carbocycles. The number of fused-ring (bicyclic) bond motifs is 1. The fraction of sp³-hybridized carbons (Fsp3) is 0.391. The highest BCUT2D eigenvalue weighted by atomic mass is 32.2. The van der Waals surface area contributed by atoms with Gasteiger partial charge in [-0.2, -0.15) is 0 Å². The molecule has 2 heterocycles. The van der Waals surface area contributed by atoms with Crippen LogP contribution < -0.4 is 4.74 Å². The molecule has 0 spiro atoms. The third-order valence-electron chi connectivity index (χ3n) is 5.74. The first kappa shape index (κ1) is 21.8. The van der Waals surface area contributed by atoms with Crippen molar-refractivity contribution >= 4 is 37.3 Å². The Morgan fingerprint density at radius 3 is 2.55 bits per heavy atom. The summed E-state index contributed by atoms with van der Waals surface area (Å²) in [6, 6.07) is 10.5. The van der Waals surface area contributed by atoms with Gasteiger partial charge < -0.3 is 9.64 Å². The average Bonchev–Trinajstić information content (AvgIpc) is 3.21. The zero-order valence-corrected chi connectivity index (χ0v) is 19.6. The molecule has 1 saturated heterocycles. The third-order valence-corrected chi connectivity index (χ3v) is 8.55. The number of rotatable bonds is 5. The average molecular weight is 459 g/mol. The molecule has 4 rings (SSSR count). The van der Waals surface area contributed by atoms with Crippen LogP contribution in [-0.2, 0) is 9.84 Å². The van der Waals surface area contributed by atoms with Crippen LogP contribution in [0.25, 0.3) is 10.2 Å². The number of sulfone groups is 1. The third kappa shape index (κ3) is 4.45. The summed E-state index contributed by atoms with van der Waals surface area (Å²) < 4.78 is 31.6.